The minimum absolute atomic E-state index is 0.368. The normalized spacial score (nSPS) is 12.1. The number of carbonyl (C=O) groups excluding carboxylic acids is 4. The molecule has 0 aromatic carbocycles. The Balaban J connectivity index is 4.68. The summed E-state index contributed by atoms with van der Waals surface area (Å²) in [5.41, 5.74) is 0. The molecule has 0 saturated heterocycles. The third kappa shape index (κ3) is 13.3. The van der Waals surface area contributed by atoms with Gasteiger partial charge in [0.15, 0.2) is 6.10 Å². The number of unbranched alkanes of at least 4 members (excludes halogenated alkanes) is 4. The van der Waals surface area contributed by atoms with Gasteiger partial charge in [-0.05, 0) is 25.7 Å². The number of hydrogen-bond donors (Lipinski definition) is 1. The predicted molar refractivity (Wildman–Crippen MR) is 118 cm³/mol. The first-order valence-corrected chi connectivity index (χ1v) is 12.0. The molecule has 0 saturated carbocycles. The van der Waals surface area contributed by atoms with Crippen LogP contribution in [-0.2, 0) is 28.7 Å². The van der Waals surface area contributed by atoms with E-state index in [2.05, 4.69) is 0 Å². The molecule has 7 heteroatoms. The van der Waals surface area contributed by atoms with Gasteiger partial charge in [0.25, 0.3) is 0 Å². The van der Waals surface area contributed by atoms with E-state index in [1.807, 2.05) is 27.7 Å². The van der Waals surface area contributed by atoms with E-state index in [0.29, 0.717) is 25.7 Å². The molecule has 0 rings (SSSR count). The van der Waals surface area contributed by atoms with Gasteiger partial charge in [-0.2, -0.15) is 0 Å². The fraction of sp³-hybridized carbons (Fsp3) is 0.833. The summed E-state index contributed by atoms with van der Waals surface area (Å²) in [5.74, 6) is -4.23. The second kappa shape index (κ2) is 17.9. The minimum atomic E-state index is -1.84. The van der Waals surface area contributed by atoms with Gasteiger partial charge in [-0.3, -0.25) is 14.4 Å². The zero-order valence-electron chi connectivity index (χ0n) is 19.8. The Labute approximate surface area is 187 Å². The molecule has 0 bridgehead atoms. The molecule has 180 valence electrons. The van der Waals surface area contributed by atoms with Gasteiger partial charge in [-0.25, -0.2) is 4.79 Å². The summed E-state index contributed by atoms with van der Waals surface area (Å²) in [6, 6.07) is 0. The minimum Gasteiger partial charge on any atom is -0.393 e. The molecule has 0 amide bonds. The molecule has 0 aliphatic rings. The number of rotatable bonds is 17. The van der Waals surface area contributed by atoms with Crippen molar-refractivity contribution < 1.29 is 33.8 Å². The number of ether oxygens (including phenoxy) is 2. The maximum absolute atomic E-state index is 12.3. The van der Waals surface area contributed by atoms with Crippen LogP contribution >= 0.6 is 0 Å². The molecule has 1 unspecified atom stereocenters. The van der Waals surface area contributed by atoms with E-state index in [4.69, 9.17) is 9.47 Å². The number of aliphatic hydroxyl groups excluding tert-OH is 1. The molecule has 0 fully saturated rings. The highest BCUT2D eigenvalue weighted by atomic mass is 16.6. The van der Waals surface area contributed by atoms with Crippen LogP contribution < -0.4 is 0 Å². The van der Waals surface area contributed by atoms with E-state index in [1.165, 1.54) is 0 Å². The van der Waals surface area contributed by atoms with E-state index in [1.54, 1.807) is 0 Å². The topological polar surface area (TPSA) is 107 Å². The zero-order chi connectivity index (χ0) is 23.6. The lowest BCUT2D eigenvalue weighted by Gasteiger charge is -2.16. The van der Waals surface area contributed by atoms with Crippen LogP contribution in [0.4, 0.5) is 0 Å². The molecule has 0 heterocycles. The average molecular weight is 443 g/mol. The summed E-state index contributed by atoms with van der Waals surface area (Å²) >= 11 is 0. The van der Waals surface area contributed by atoms with E-state index in [9.17, 15) is 24.3 Å². The molecule has 0 aliphatic heterocycles. The maximum Gasteiger partial charge on any atom is 0.343 e. The van der Waals surface area contributed by atoms with Crippen molar-refractivity contribution in [3.8, 4) is 0 Å². The van der Waals surface area contributed by atoms with Crippen molar-refractivity contribution >= 4 is 23.9 Å². The van der Waals surface area contributed by atoms with E-state index >= 15 is 0 Å². The second-order valence-corrected chi connectivity index (χ2v) is 8.22. The highest BCUT2D eigenvalue weighted by Crippen LogP contribution is 2.20. The third-order valence-electron chi connectivity index (χ3n) is 5.34. The maximum atomic E-state index is 12.3. The molecule has 0 spiro atoms. The third-order valence-corrected chi connectivity index (χ3v) is 5.34. The number of esters is 4. The van der Waals surface area contributed by atoms with Crippen LogP contribution in [0, 0.1) is 11.8 Å². The Hall–Kier alpha value is -1.76. The van der Waals surface area contributed by atoms with Crippen molar-refractivity contribution in [2.45, 2.75) is 117 Å². The van der Waals surface area contributed by atoms with E-state index < -0.39 is 42.3 Å². The molecule has 0 aliphatic carbocycles. The lowest BCUT2D eigenvalue weighted by atomic mass is 9.96. The van der Waals surface area contributed by atoms with Crippen molar-refractivity contribution in [2.24, 2.45) is 11.8 Å². The van der Waals surface area contributed by atoms with Gasteiger partial charge in [0.2, 0.25) is 0 Å². The Bertz CT molecular complexity index is 528. The highest BCUT2D eigenvalue weighted by molar-refractivity contribution is 5.93. The first-order chi connectivity index (χ1) is 14.8. The average Bonchev–Trinajstić information content (AvgIpc) is 2.73. The quantitative estimate of drug-likeness (QED) is 0.253. The van der Waals surface area contributed by atoms with E-state index in [-0.39, 0.29) is 5.92 Å². The van der Waals surface area contributed by atoms with Gasteiger partial charge in [0.05, 0.1) is 18.3 Å². The first-order valence-electron chi connectivity index (χ1n) is 12.0. The zero-order valence-corrected chi connectivity index (χ0v) is 19.8. The van der Waals surface area contributed by atoms with Gasteiger partial charge in [0.1, 0.15) is 0 Å². The smallest absolute Gasteiger partial charge is 0.343 e. The molecule has 1 atom stereocenters. The lowest BCUT2D eigenvalue weighted by Crippen LogP contribution is -2.32. The summed E-state index contributed by atoms with van der Waals surface area (Å²) in [7, 11) is 0. The van der Waals surface area contributed by atoms with Gasteiger partial charge in [-0.15, -0.1) is 0 Å². The molecular weight excluding hydrogens is 400 g/mol. The monoisotopic (exact) mass is 442 g/mol. The Kier molecular flexibility index (Phi) is 16.9. The van der Waals surface area contributed by atoms with Crippen LogP contribution in [0.3, 0.4) is 0 Å². The van der Waals surface area contributed by atoms with Crippen molar-refractivity contribution in [2.75, 3.05) is 0 Å². The molecule has 0 radical (unpaired) electrons. The SMILES string of the molecule is CCCCC(CCCC)C(=O)OC(=O)CC(O)C(=O)OC(=O)C(CCCC)CCCC. The van der Waals surface area contributed by atoms with Crippen molar-refractivity contribution in [3.05, 3.63) is 0 Å². The standard InChI is InChI=1S/C24H42O7/c1-5-9-13-18(14-10-6-2)22(27)30-21(26)17-20(25)24(29)31-23(28)19(15-11-7-3)16-12-8-4/h18-20,25H,5-17H2,1-4H3. The Morgan fingerprint density at radius 3 is 1.32 bits per heavy atom. The summed E-state index contributed by atoms with van der Waals surface area (Å²) in [6.07, 6.45) is 7.03. The Morgan fingerprint density at radius 1 is 0.613 bits per heavy atom. The molecule has 0 aromatic rings. The van der Waals surface area contributed by atoms with Crippen molar-refractivity contribution in [1.82, 2.24) is 0 Å². The van der Waals surface area contributed by atoms with Crippen LogP contribution in [0.1, 0.15) is 111 Å². The Morgan fingerprint density at radius 2 is 0.968 bits per heavy atom. The molecule has 7 nitrogen and oxygen atoms in total. The summed E-state index contributed by atoms with van der Waals surface area (Å²) in [4.78, 5) is 48.7. The van der Waals surface area contributed by atoms with Crippen LogP contribution in [0.15, 0.2) is 0 Å². The number of aliphatic hydroxyl groups is 1. The second-order valence-electron chi connectivity index (χ2n) is 8.22. The van der Waals surface area contributed by atoms with Gasteiger partial charge < -0.3 is 14.6 Å². The summed E-state index contributed by atoms with van der Waals surface area (Å²) in [6.45, 7) is 8.07. The summed E-state index contributed by atoms with van der Waals surface area (Å²) < 4.78 is 9.66. The van der Waals surface area contributed by atoms with Crippen LogP contribution in [0.25, 0.3) is 0 Å². The first kappa shape index (κ1) is 29.2. The molecular formula is C24H42O7. The summed E-state index contributed by atoms with van der Waals surface area (Å²) in [5, 5.41) is 9.97. The predicted octanol–water partition coefficient (Wildman–Crippen LogP) is 4.87. The largest absolute Gasteiger partial charge is 0.393 e. The lowest BCUT2D eigenvalue weighted by molar-refractivity contribution is -0.174. The van der Waals surface area contributed by atoms with Crippen LogP contribution in [-0.4, -0.2) is 35.1 Å². The molecule has 31 heavy (non-hydrogen) atoms. The number of carbonyl (C=O) groups is 4. The molecule has 1 N–H and O–H groups in total. The van der Waals surface area contributed by atoms with Crippen LogP contribution in [0.2, 0.25) is 0 Å². The van der Waals surface area contributed by atoms with Crippen molar-refractivity contribution in [3.63, 3.8) is 0 Å². The highest BCUT2D eigenvalue weighted by Gasteiger charge is 2.29. The van der Waals surface area contributed by atoms with Crippen molar-refractivity contribution in [1.29, 1.82) is 0 Å². The van der Waals surface area contributed by atoms with Gasteiger partial charge in [-0.1, -0.05) is 79.1 Å². The number of hydrogen-bond acceptors (Lipinski definition) is 7. The van der Waals surface area contributed by atoms with E-state index in [0.717, 1.165) is 51.4 Å². The van der Waals surface area contributed by atoms with Gasteiger partial charge in [0, 0.05) is 0 Å². The van der Waals surface area contributed by atoms with Crippen LogP contribution in [0.5, 0.6) is 0 Å². The fourth-order valence-corrected chi connectivity index (χ4v) is 3.29. The fourth-order valence-electron chi connectivity index (χ4n) is 3.29. The van der Waals surface area contributed by atoms with Gasteiger partial charge >= 0.3 is 23.9 Å². The molecule has 0 aromatic heterocycles.